The number of rotatable bonds is 6. The van der Waals surface area contributed by atoms with Gasteiger partial charge in [-0.3, -0.25) is 19.5 Å². The Hall–Kier alpha value is -4.46. The van der Waals surface area contributed by atoms with Crippen LogP contribution in [-0.4, -0.2) is 21.8 Å². The van der Waals surface area contributed by atoms with Crippen molar-refractivity contribution in [3.8, 4) is 0 Å². The van der Waals surface area contributed by atoms with Crippen molar-refractivity contribution in [3.63, 3.8) is 0 Å². The van der Waals surface area contributed by atoms with Crippen molar-refractivity contribution in [2.24, 2.45) is 0 Å². The Morgan fingerprint density at radius 1 is 0.914 bits per heavy atom. The maximum Gasteiger partial charge on any atom is 0.279 e. The molecule has 6 nitrogen and oxygen atoms in total. The van der Waals surface area contributed by atoms with Gasteiger partial charge in [0.25, 0.3) is 11.8 Å². The topological polar surface area (TPSA) is 75.2 Å². The van der Waals surface area contributed by atoms with Crippen LogP contribution in [0.2, 0.25) is 0 Å². The molecule has 4 aromatic rings. The lowest BCUT2D eigenvalue weighted by Crippen LogP contribution is -2.42. The van der Waals surface area contributed by atoms with Crippen LogP contribution in [-0.2, 0) is 4.79 Å². The lowest BCUT2D eigenvalue weighted by atomic mass is 10.0. The monoisotopic (exact) mass is 472 g/mol. The van der Waals surface area contributed by atoms with Crippen LogP contribution in [0.25, 0.3) is 0 Å². The standard InChI is InChI=1S/C27H22F2N4O2/c1-17-3-6-19(7-4-17)25(26(34)32-21-10-8-20(28)9-11-21)33(22-12-5-18(2)23(29)15-22)27(35)24-16-30-13-14-31-24/h3-16,25H,1-2H3,(H,32,34)/t25-/m0/s1. The van der Waals surface area contributed by atoms with Gasteiger partial charge in [-0.2, -0.15) is 0 Å². The van der Waals surface area contributed by atoms with Gasteiger partial charge in [0.05, 0.1) is 6.20 Å². The first-order chi connectivity index (χ1) is 16.8. The average molecular weight is 472 g/mol. The minimum Gasteiger partial charge on any atom is -0.324 e. The minimum absolute atomic E-state index is 0.0137. The smallest absolute Gasteiger partial charge is 0.279 e. The van der Waals surface area contributed by atoms with Gasteiger partial charge in [-0.1, -0.05) is 35.9 Å². The third-order valence-corrected chi connectivity index (χ3v) is 5.45. The molecule has 35 heavy (non-hydrogen) atoms. The highest BCUT2D eigenvalue weighted by Crippen LogP contribution is 2.31. The Balaban J connectivity index is 1.86. The van der Waals surface area contributed by atoms with Gasteiger partial charge in [0.15, 0.2) is 0 Å². The molecular weight excluding hydrogens is 450 g/mol. The summed E-state index contributed by atoms with van der Waals surface area (Å²) >= 11 is 0. The first kappa shape index (κ1) is 23.7. The molecule has 0 saturated heterocycles. The Bertz CT molecular complexity index is 1340. The SMILES string of the molecule is Cc1ccc([C@@H](C(=O)Nc2ccc(F)cc2)N(C(=O)c2cnccn2)c2ccc(C)c(F)c2)cc1. The number of benzene rings is 3. The van der Waals surface area contributed by atoms with E-state index in [0.29, 0.717) is 16.8 Å². The molecule has 0 aliphatic heterocycles. The summed E-state index contributed by atoms with van der Waals surface area (Å²) in [6, 6.07) is 15.5. The maximum atomic E-state index is 14.6. The zero-order valence-corrected chi connectivity index (χ0v) is 19.1. The predicted octanol–water partition coefficient (Wildman–Crippen LogP) is 5.40. The van der Waals surface area contributed by atoms with Crippen LogP contribution in [0, 0.1) is 25.5 Å². The second kappa shape index (κ2) is 10.2. The summed E-state index contributed by atoms with van der Waals surface area (Å²) in [5.74, 6) is -2.19. The van der Waals surface area contributed by atoms with Crippen LogP contribution in [0.1, 0.15) is 33.2 Å². The molecule has 0 unspecified atom stereocenters. The maximum absolute atomic E-state index is 14.6. The van der Waals surface area contributed by atoms with E-state index < -0.39 is 29.5 Å². The van der Waals surface area contributed by atoms with Crippen LogP contribution in [0.3, 0.4) is 0 Å². The van der Waals surface area contributed by atoms with Crippen LogP contribution >= 0.6 is 0 Å². The zero-order chi connectivity index (χ0) is 24.9. The number of hydrogen-bond acceptors (Lipinski definition) is 4. The molecule has 0 fully saturated rings. The molecule has 176 valence electrons. The lowest BCUT2D eigenvalue weighted by Gasteiger charge is -2.31. The van der Waals surface area contributed by atoms with Crippen LogP contribution < -0.4 is 10.2 Å². The highest BCUT2D eigenvalue weighted by molar-refractivity contribution is 6.11. The first-order valence-corrected chi connectivity index (χ1v) is 10.8. The van der Waals surface area contributed by atoms with Crippen LogP contribution in [0.15, 0.2) is 85.3 Å². The molecule has 1 aromatic heterocycles. The number of halogens is 2. The molecule has 0 aliphatic rings. The van der Waals surface area contributed by atoms with Crippen LogP contribution in [0.5, 0.6) is 0 Å². The third kappa shape index (κ3) is 5.38. The van der Waals surface area contributed by atoms with E-state index in [1.165, 1.54) is 59.9 Å². The van der Waals surface area contributed by atoms with Crippen molar-refractivity contribution in [2.75, 3.05) is 10.2 Å². The summed E-state index contributed by atoms with van der Waals surface area (Å²) < 4.78 is 28.0. The zero-order valence-electron chi connectivity index (χ0n) is 19.1. The van der Waals surface area contributed by atoms with E-state index in [4.69, 9.17) is 0 Å². The quantitative estimate of drug-likeness (QED) is 0.408. The van der Waals surface area contributed by atoms with Gasteiger partial charge in [0, 0.05) is 23.8 Å². The van der Waals surface area contributed by atoms with Gasteiger partial charge in [0.2, 0.25) is 0 Å². The highest BCUT2D eigenvalue weighted by Gasteiger charge is 2.34. The largest absolute Gasteiger partial charge is 0.324 e. The summed E-state index contributed by atoms with van der Waals surface area (Å²) in [5, 5.41) is 2.74. The highest BCUT2D eigenvalue weighted by atomic mass is 19.1. The van der Waals surface area contributed by atoms with Gasteiger partial charge < -0.3 is 5.32 Å². The summed E-state index contributed by atoms with van der Waals surface area (Å²) in [5.41, 5.74) is 2.34. The second-order valence-corrected chi connectivity index (χ2v) is 8.01. The number of aryl methyl sites for hydroxylation is 2. The van der Waals surface area contributed by atoms with E-state index >= 15 is 0 Å². The fourth-order valence-electron chi connectivity index (χ4n) is 3.56. The summed E-state index contributed by atoms with van der Waals surface area (Å²) in [4.78, 5) is 36.6. The van der Waals surface area contributed by atoms with E-state index in [0.717, 1.165) is 5.56 Å². The van der Waals surface area contributed by atoms with Gasteiger partial charge >= 0.3 is 0 Å². The second-order valence-electron chi connectivity index (χ2n) is 8.01. The molecule has 1 heterocycles. The fraction of sp³-hybridized carbons (Fsp3) is 0.111. The molecule has 8 heteroatoms. The molecule has 2 amide bonds. The predicted molar refractivity (Wildman–Crippen MR) is 129 cm³/mol. The molecule has 0 aliphatic carbocycles. The molecule has 0 bridgehead atoms. The minimum atomic E-state index is -1.20. The van der Waals surface area contributed by atoms with Crippen molar-refractivity contribution < 1.29 is 18.4 Å². The van der Waals surface area contributed by atoms with Crippen molar-refractivity contribution >= 4 is 23.2 Å². The van der Waals surface area contributed by atoms with Gasteiger partial charge in [-0.15, -0.1) is 0 Å². The Kier molecular flexibility index (Phi) is 6.91. The molecule has 0 saturated carbocycles. The Labute approximate surface area is 201 Å². The van der Waals surface area contributed by atoms with E-state index in [-0.39, 0.29) is 11.4 Å². The van der Waals surface area contributed by atoms with E-state index in [9.17, 15) is 18.4 Å². The van der Waals surface area contributed by atoms with Crippen molar-refractivity contribution in [3.05, 3.63) is 119 Å². The van der Waals surface area contributed by atoms with Crippen molar-refractivity contribution in [1.29, 1.82) is 0 Å². The molecule has 0 spiro atoms. The summed E-state index contributed by atoms with van der Waals surface area (Å²) in [7, 11) is 0. The van der Waals surface area contributed by atoms with Gasteiger partial charge in [0.1, 0.15) is 23.4 Å². The summed E-state index contributed by atoms with van der Waals surface area (Å²) in [6.45, 7) is 3.50. The van der Waals surface area contributed by atoms with Crippen molar-refractivity contribution in [1.82, 2.24) is 9.97 Å². The average Bonchev–Trinajstić information content (AvgIpc) is 2.86. The van der Waals surface area contributed by atoms with E-state index in [1.54, 1.807) is 25.1 Å². The summed E-state index contributed by atoms with van der Waals surface area (Å²) in [6.07, 6.45) is 4.07. The molecule has 0 radical (unpaired) electrons. The van der Waals surface area contributed by atoms with E-state index in [2.05, 4.69) is 15.3 Å². The Morgan fingerprint density at radius 2 is 1.63 bits per heavy atom. The number of carbonyl (C=O) groups is 2. The number of hydrogen-bond donors (Lipinski definition) is 1. The fourth-order valence-corrected chi connectivity index (χ4v) is 3.56. The van der Waals surface area contributed by atoms with Gasteiger partial charge in [-0.05, 0) is 61.4 Å². The number of anilines is 2. The number of nitrogens with zero attached hydrogens (tertiary/aromatic N) is 3. The molecule has 1 N–H and O–H groups in total. The lowest BCUT2D eigenvalue weighted by molar-refractivity contribution is -0.117. The number of nitrogens with one attached hydrogen (secondary N) is 1. The molecule has 1 atom stereocenters. The van der Waals surface area contributed by atoms with Gasteiger partial charge in [-0.25, -0.2) is 13.8 Å². The van der Waals surface area contributed by atoms with Crippen molar-refractivity contribution in [2.45, 2.75) is 19.9 Å². The number of aromatic nitrogens is 2. The number of amides is 2. The van der Waals surface area contributed by atoms with Crippen LogP contribution in [0.4, 0.5) is 20.2 Å². The first-order valence-electron chi connectivity index (χ1n) is 10.8. The Morgan fingerprint density at radius 3 is 2.26 bits per heavy atom. The third-order valence-electron chi connectivity index (χ3n) is 5.45. The molecular formula is C27H22F2N4O2. The normalized spacial score (nSPS) is 11.5. The number of carbonyl (C=O) groups excluding carboxylic acids is 2. The molecule has 3 aromatic carbocycles. The molecule has 4 rings (SSSR count). The van der Waals surface area contributed by atoms with E-state index in [1.807, 2.05) is 19.1 Å².